The Morgan fingerprint density at radius 2 is 2.17 bits per heavy atom. The number of halogens is 1. The fourth-order valence-corrected chi connectivity index (χ4v) is 2.47. The van der Waals surface area contributed by atoms with E-state index in [1.54, 1.807) is 6.92 Å². The Hall–Kier alpha value is -2.22. The topological polar surface area (TPSA) is 90.1 Å². The van der Waals surface area contributed by atoms with E-state index < -0.39 is 4.92 Å². The Labute approximate surface area is 142 Å². The molecule has 1 aromatic heterocycles. The van der Waals surface area contributed by atoms with Gasteiger partial charge in [0.1, 0.15) is 0 Å². The molecule has 1 aromatic carbocycles. The predicted molar refractivity (Wildman–Crippen MR) is 89.4 cm³/mol. The molecule has 23 heavy (non-hydrogen) atoms. The van der Waals surface area contributed by atoms with Crippen LogP contribution in [-0.4, -0.2) is 27.2 Å². The first kappa shape index (κ1) is 17.1. The molecule has 0 atom stereocenters. The van der Waals surface area contributed by atoms with E-state index in [9.17, 15) is 14.9 Å². The third-order valence-electron chi connectivity index (χ3n) is 3.39. The number of rotatable bonds is 6. The number of hydrogen-bond donors (Lipinski definition) is 1. The minimum Gasteiger partial charge on any atom is -0.352 e. The van der Waals surface area contributed by atoms with Gasteiger partial charge in [-0.15, -0.1) is 0 Å². The van der Waals surface area contributed by atoms with Gasteiger partial charge in [0.2, 0.25) is 0 Å². The first-order valence-electron chi connectivity index (χ1n) is 7.11. The molecule has 1 amide bonds. The Kier molecular flexibility index (Phi) is 5.49. The van der Waals surface area contributed by atoms with Crippen LogP contribution < -0.4 is 5.32 Å². The second-order valence-electron chi connectivity index (χ2n) is 5.19. The van der Waals surface area contributed by atoms with Crippen molar-refractivity contribution in [2.24, 2.45) is 0 Å². The van der Waals surface area contributed by atoms with Gasteiger partial charge in [0, 0.05) is 36.5 Å². The molecule has 0 spiro atoms. The number of nitrogens with zero attached hydrogens (tertiary/aromatic N) is 3. The lowest BCUT2D eigenvalue weighted by molar-refractivity contribution is -0.385. The summed E-state index contributed by atoms with van der Waals surface area (Å²) in [6, 6.07) is 4.35. The fraction of sp³-hybridized carbons (Fsp3) is 0.333. The van der Waals surface area contributed by atoms with Crippen LogP contribution in [0, 0.1) is 24.0 Å². The SMILES string of the molecule is Cc1cc(C(=O)NCCCn2cc(Br)c(C)n2)ccc1[N+](=O)[O-]. The van der Waals surface area contributed by atoms with E-state index in [-0.39, 0.29) is 11.6 Å². The van der Waals surface area contributed by atoms with E-state index >= 15 is 0 Å². The summed E-state index contributed by atoms with van der Waals surface area (Å²) in [5, 5.41) is 17.9. The summed E-state index contributed by atoms with van der Waals surface area (Å²) < 4.78 is 2.78. The Morgan fingerprint density at radius 3 is 2.74 bits per heavy atom. The van der Waals surface area contributed by atoms with E-state index in [2.05, 4.69) is 26.3 Å². The molecule has 0 aliphatic carbocycles. The van der Waals surface area contributed by atoms with E-state index in [1.807, 2.05) is 17.8 Å². The number of nitro benzene ring substituents is 1. The number of amides is 1. The van der Waals surface area contributed by atoms with Gasteiger partial charge in [-0.05, 0) is 48.3 Å². The highest BCUT2D eigenvalue weighted by atomic mass is 79.9. The first-order chi connectivity index (χ1) is 10.9. The smallest absolute Gasteiger partial charge is 0.272 e. The molecule has 1 heterocycles. The summed E-state index contributed by atoms with van der Waals surface area (Å²) in [6.07, 6.45) is 2.64. The molecule has 0 fully saturated rings. The summed E-state index contributed by atoms with van der Waals surface area (Å²) in [5.41, 5.74) is 1.84. The summed E-state index contributed by atoms with van der Waals surface area (Å²) in [7, 11) is 0. The number of carbonyl (C=O) groups is 1. The highest BCUT2D eigenvalue weighted by Crippen LogP contribution is 2.18. The number of carbonyl (C=O) groups excluding carboxylic acids is 1. The quantitative estimate of drug-likeness (QED) is 0.473. The predicted octanol–water partition coefficient (Wildman–Crippen LogP) is 2.99. The van der Waals surface area contributed by atoms with Crippen molar-refractivity contribution in [3.05, 3.63) is 55.8 Å². The second-order valence-corrected chi connectivity index (χ2v) is 6.05. The van der Waals surface area contributed by atoms with Crippen LogP contribution in [-0.2, 0) is 6.54 Å². The Morgan fingerprint density at radius 1 is 1.43 bits per heavy atom. The largest absolute Gasteiger partial charge is 0.352 e. The van der Waals surface area contributed by atoms with Crippen LogP contribution in [0.3, 0.4) is 0 Å². The molecule has 1 N–H and O–H groups in total. The molecule has 8 heteroatoms. The summed E-state index contributed by atoms with van der Waals surface area (Å²) in [5.74, 6) is -0.235. The van der Waals surface area contributed by atoms with Crippen molar-refractivity contribution in [2.75, 3.05) is 6.54 Å². The lowest BCUT2D eigenvalue weighted by Crippen LogP contribution is -2.25. The Balaban J connectivity index is 1.85. The van der Waals surface area contributed by atoms with Crippen LogP contribution in [0.1, 0.15) is 28.0 Å². The molecule has 0 unspecified atom stereocenters. The lowest BCUT2D eigenvalue weighted by atomic mass is 10.1. The number of aromatic nitrogens is 2. The number of nitro groups is 1. The van der Waals surface area contributed by atoms with Gasteiger partial charge in [-0.25, -0.2) is 0 Å². The maximum Gasteiger partial charge on any atom is 0.272 e. The van der Waals surface area contributed by atoms with Crippen LogP contribution >= 0.6 is 15.9 Å². The average Bonchev–Trinajstić information content (AvgIpc) is 2.81. The van der Waals surface area contributed by atoms with Gasteiger partial charge in [-0.1, -0.05) is 0 Å². The lowest BCUT2D eigenvalue weighted by Gasteiger charge is -2.06. The highest BCUT2D eigenvalue weighted by Gasteiger charge is 2.13. The van der Waals surface area contributed by atoms with Crippen molar-refractivity contribution in [3.63, 3.8) is 0 Å². The van der Waals surface area contributed by atoms with Crippen LogP contribution in [0.5, 0.6) is 0 Å². The fourth-order valence-electron chi connectivity index (χ4n) is 2.15. The zero-order valence-corrected chi connectivity index (χ0v) is 14.5. The van der Waals surface area contributed by atoms with Gasteiger partial charge in [-0.3, -0.25) is 19.6 Å². The van der Waals surface area contributed by atoms with Crippen LogP contribution in [0.25, 0.3) is 0 Å². The molecule has 2 aromatic rings. The molecule has 0 saturated carbocycles. The van der Waals surface area contributed by atoms with Crippen molar-refractivity contribution in [3.8, 4) is 0 Å². The normalized spacial score (nSPS) is 10.6. The molecule has 122 valence electrons. The molecule has 0 saturated heterocycles. The number of benzene rings is 1. The number of hydrogen-bond acceptors (Lipinski definition) is 4. The first-order valence-corrected chi connectivity index (χ1v) is 7.90. The van der Waals surface area contributed by atoms with Gasteiger partial charge in [0.05, 0.1) is 15.1 Å². The van der Waals surface area contributed by atoms with Gasteiger partial charge in [0.25, 0.3) is 11.6 Å². The van der Waals surface area contributed by atoms with Crippen LogP contribution in [0.15, 0.2) is 28.9 Å². The van der Waals surface area contributed by atoms with Crippen molar-refractivity contribution in [2.45, 2.75) is 26.8 Å². The summed E-state index contributed by atoms with van der Waals surface area (Å²) in [4.78, 5) is 22.3. The van der Waals surface area contributed by atoms with Gasteiger partial charge in [0.15, 0.2) is 0 Å². The number of aryl methyl sites for hydroxylation is 3. The molecular formula is C15H17BrN4O3. The standard InChI is InChI=1S/C15H17BrN4O3/c1-10-8-12(4-5-14(10)20(22)23)15(21)17-6-3-7-19-9-13(16)11(2)18-19/h4-5,8-9H,3,6-7H2,1-2H3,(H,17,21). The minimum atomic E-state index is -0.457. The monoisotopic (exact) mass is 380 g/mol. The summed E-state index contributed by atoms with van der Waals surface area (Å²) >= 11 is 3.40. The molecule has 0 bridgehead atoms. The summed E-state index contributed by atoms with van der Waals surface area (Å²) in [6.45, 7) is 4.74. The number of nitrogens with one attached hydrogen (secondary N) is 1. The second kappa shape index (κ2) is 7.36. The van der Waals surface area contributed by atoms with Crippen molar-refractivity contribution >= 4 is 27.5 Å². The van der Waals surface area contributed by atoms with Crippen molar-refractivity contribution in [1.29, 1.82) is 0 Å². The molecule has 0 radical (unpaired) electrons. The minimum absolute atomic E-state index is 0.0150. The third-order valence-corrected chi connectivity index (χ3v) is 4.17. The zero-order valence-electron chi connectivity index (χ0n) is 12.9. The van der Waals surface area contributed by atoms with Gasteiger partial charge < -0.3 is 5.32 Å². The van der Waals surface area contributed by atoms with Gasteiger partial charge in [-0.2, -0.15) is 5.10 Å². The van der Waals surface area contributed by atoms with Gasteiger partial charge >= 0.3 is 0 Å². The molecular weight excluding hydrogens is 364 g/mol. The maximum absolute atomic E-state index is 12.0. The van der Waals surface area contributed by atoms with Crippen LogP contribution in [0.4, 0.5) is 5.69 Å². The average molecular weight is 381 g/mol. The molecule has 0 aliphatic heterocycles. The maximum atomic E-state index is 12.0. The van der Waals surface area contributed by atoms with Crippen molar-refractivity contribution in [1.82, 2.24) is 15.1 Å². The third kappa shape index (κ3) is 4.38. The van der Waals surface area contributed by atoms with Crippen molar-refractivity contribution < 1.29 is 9.72 Å². The van der Waals surface area contributed by atoms with E-state index in [0.29, 0.717) is 24.2 Å². The molecule has 0 aliphatic rings. The zero-order chi connectivity index (χ0) is 17.0. The molecule has 7 nitrogen and oxygen atoms in total. The molecule has 2 rings (SSSR count). The van der Waals surface area contributed by atoms with E-state index in [0.717, 1.165) is 16.6 Å². The Bertz CT molecular complexity index is 723. The van der Waals surface area contributed by atoms with E-state index in [4.69, 9.17) is 0 Å². The van der Waals surface area contributed by atoms with E-state index in [1.165, 1.54) is 18.2 Å². The highest BCUT2D eigenvalue weighted by molar-refractivity contribution is 9.10. The van der Waals surface area contributed by atoms with Crippen LogP contribution in [0.2, 0.25) is 0 Å².